The van der Waals surface area contributed by atoms with Crippen molar-refractivity contribution < 1.29 is 52.7 Å². The van der Waals surface area contributed by atoms with Crippen molar-refractivity contribution in [3.8, 4) is 11.1 Å². The van der Waals surface area contributed by atoms with Gasteiger partial charge in [-0.2, -0.15) is 0 Å². The third-order valence-corrected chi connectivity index (χ3v) is 15.1. The van der Waals surface area contributed by atoms with Gasteiger partial charge in [-0.3, -0.25) is 28.8 Å². The number of benzene rings is 2. The number of nitrogens with one attached hydrogen (secondary N) is 3. The fourth-order valence-corrected chi connectivity index (χ4v) is 10.5. The van der Waals surface area contributed by atoms with Crippen LogP contribution in [0.25, 0.3) is 11.1 Å². The maximum atomic E-state index is 14.1. The predicted molar refractivity (Wildman–Crippen MR) is 270 cm³/mol. The Morgan fingerprint density at radius 2 is 1.39 bits per heavy atom. The molecule has 4 aliphatic rings. The molecule has 3 aliphatic carbocycles. The zero-order valence-electron chi connectivity index (χ0n) is 43.5. The number of amides is 3. The largest absolute Gasteiger partial charge is 0.481 e. The number of alkyl carbamates (subject to hydrolysis) is 1. The van der Waals surface area contributed by atoms with Crippen LogP contribution in [0.5, 0.6) is 0 Å². The molecule has 1 aliphatic heterocycles. The molecule has 15 heteroatoms. The summed E-state index contributed by atoms with van der Waals surface area (Å²) in [6, 6.07) is 13.2. The molecule has 0 radical (unpaired) electrons. The molecule has 2 aromatic carbocycles. The summed E-state index contributed by atoms with van der Waals surface area (Å²) in [5.74, 6) is -5.03. The summed E-state index contributed by atoms with van der Waals surface area (Å²) in [5.41, 5.74) is 2.41. The Morgan fingerprint density at radius 3 is 1.99 bits per heavy atom. The van der Waals surface area contributed by atoms with E-state index in [1.807, 2.05) is 31.2 Å². The van der Waals surface area contributed by atoms with Crippen LogP contribution in [0.1, 0.15) is 169 Å². The molecule has 4 N–H and O–H groups in total. The maximum Gasteiger partial charge on any atom is 0.461 e. The number of aryl methyl sites for hydroxylation is 1. The number of aliphatic carboxylic acids is 1. The third-order valence-electron chi connectivity index (χ3n) is 15.1. The van der Waals surface area contributed by atoms with Crippen molar-refractivity contribution in [2.45, 2.75) is 194 Å². The second-order valence-electron chi connectivity index (χ2n) is 22.2. The molecule has 0 aromatic heterocycles. The van der Waals surface area contributed by atoms with E-state index in [9.17, 15) is 38.7 Å². The summed E-state index contributed by atoms with van der Waals surface area (Å²) in [6.07, 6.45) is 6.00. The number of hydrogen-bond acceptors (Lipinski definition) is 10. The summed E-state index contributed by atoms with van der Waals surface area (Å²) >= 11 is 0. The topological polar surface area (TPSA) is 203 Å². The predicted octanol–water partition coefficient (Wildman–Crippen LogP) is 9.50. The molecule has 2 bridgehead atoms. The standard InChI is InChI=1S/C55H80BN3O11/c1-11-13-15-17-42(46(62)29-35(4)56-69-48-32-41-31-47(54(41,8)9)55(48,10)70-56)58-50(65)34(3)28-45(61)43(26-27-49(63)64)59-51(66)40(33-57-52(67)68-53(5,6)7)30-44(60)39-24-22-38(23-25-39)37-20-18-36(19-21-37)16-14-12-2/h18-25,34-35,40-43,47-48H,11-17,26-33H2,1-10H3,(H,57,67)(H,58,65)(H,59,66)(H,63,64)/t34-,35-,40+,41+,42+,43+,47+,48?,55+/m1/s1. The molecule has 2 aromatic rings. The average molecular weight is 970 g/mol. The second kappa shape index (κ2) is 24.5. The van der Waals surface area contributed by atoms with Crippen molar-refractivity contribution >= 4 is 48.3 Å². The van der Waals surface area contributed by atoms with Crippen LogP contribution < -0.4 is 16.0 Å². The van der Waals surface area contributed by atoms with E-state index in [1.54, 1.807) is 39.8 Å². The number of rotatable bonds is 27. The van der Waals surface area contributed by atoms with Gasteiger partial charge in [0.05, 0.1) is 29.7 Å². The fourth-order valence-electron chi connectivity index (χ4n) is 10.5. The summed E-state index contributed by atoms with van der Waals surface area (Å²) < 4.78 is 18.5. The minimum atomic E-state index is -1.33. The Morgan fingerprint density at radius 1 is 0.786 bits per heavy atom. The monoisotopic (exact) mass is 970 g/mol. The first-order valence-corrected chi connectivity index (χ1v) is 25.9. The van der Waals surface area contributed by atoms with E-state index in [-0.39, 0.29) is 61.1 Å². The highest BCUT2D eigenvalue weighted by Crippen LogP contribution is 2.66. The van der Waals surface area contributed by atoms with Gasteiger partial charge in [0.25, 0.3) is 0 Å². The lowest BCUT2D eigenvalue weighted by atomic mass is 9.43. The Hall–Kier alpha value is -4.89. The van der Waals surface area contributed by atoms with Crippen LogP contribution in [0, 0.1) is 29.1 Å². The number of hydrogen-bond donors (Lipinski definition) is 4. The molecule has 1 heterocycles. The summed E-state index contributed by atoms with van der Waals surface area (Å²) in [7, 11) is -0.545. The van der Waals surface area contributed by atoms with E-state index in [0.29, 0.717) is 30.2 Å². The van der Waals surface area contributed by atoms with Crippen LogP contribution in [0.3, 0.4) is 0 Å². The summed E-state index contributed by atoms with van der Waals surface area (Å²) in [5, 5.41) is 17.8. The first kappa shape index (κ1) is 56.0. The number of Topliss-reactive ketones (excluding diaryl/α,β-unsaturated/α-hetero) is 3. The van der Waals surface area contributed by atoms with Crippen LogP contribution in [0.15, 0.2) is 48.5 Å². The number of ketones is 3. The van der Waals surface area contributed by atoms with E-state index in [0.717, 1.165) is 56.1 Å². The number of carbonyl (C=O) groups is 7. The highest BCUT2D eigenvalue weighted by Gasteiger charge is 2.68. The van der Waals surface area contributed by atoms with Gasteiger partial charge in [0, 0.05) is 43.7 Å². The van der Waals surface area contributed by atoms with Gasteiger partial charge in [0.1, 0.15) is 5.60 Å². The van der Waals surface area contributed by atoms with Gasteiger partial charge in [-0.25, -0.2) is 4.79 Å². The SMILES string of the molecule is CCCCC[C@H](NC(=O)[C@H](C)CC(=O)[C@H](CCC(=O)O)NC(=O)[C@H](CNC(=O)OC(C)(C)C)CC(=O)c1ccc(-c2ccc(CCCC)cc2)cc1)C(=O)C[C@@H](C)B1OC2C[C@@H]3C[C@@H](C3(C)C)[C@]2(C)O1. The average Bonchev–Trinajstić information content (AvgIpc) is 3.67. The van der Waals surface area contributed by atoms with Gasteiger partial charge in [-0.15, -0.1) is 0 Å². The van der Waals surface area contributed by atoms with Crippen molar-refractivity contribution in [2.75, 3.05) is 6.54 Å². The van der Waals surface area contributed by atoms with Gasteiger partial charge in [0.15, 0.2) is 17.3 Å². The lowest BCUT2D eigenvalue weighted by Crippen LogP contribution is -2.65. The maximum absolute atomic E-state index is 14.1. The number of carbonyl (C=O) groups excluding carboxylic acids is 6. The zero-order valence-corrected chi connectivity index (χ0v) is 43.5. The van der Waals surface area contributed by atoms with Crippen molar-refractivity contribution in [3.05, 3.63) is 59.7 Å². The van der Waals surface area contributed by atoms with Crippen LogP contribution >= 0.6 is 0 Å². The highest BCUT2D eigenvalue weighted by atomic mass is 16.7. The molecule has 1 saturated heterocycles. The molecular formula is C55H80BN3O11. The lowest BCUT2D eigenvalue weighted by molar-refractivity contribution is -0.199. The smallest absolute Gasteiger partial charge is 0.461 e. The van der Waals surface area contributed by atoms with Crippen LogP contribution in [0.2, 0.25) is 5.82 Å². The van der Waals surface area contributed by atoms with Gasteiger partial charge >= 0.3 is 19.2 Å². The van der Waals surface area contributed by atoms with E-state index in [1.165, 1.54) is 5.56 Å². The molecule has 70 heavy (non-hydrogen) atoms. The Kier molecular flexibility index (Phi) is 19.6. The molecule has 9 atom stereocenters. The molecular weight excluding hydrogens is 889 g/mol. The third kappa shape index (κ3) is 14.8. The second-order valence-corrected chi connectivity index (χ2v) is 22.2. The molecule has 1 unspecified atom stereocenters. The molecule has 3 amide bonds. The number of unbranched alkanes of at least 4 members (excludes halogenated alkanes) is 3. The van der Waals surface area contributed by atoms with Crippen molar-refractivity contribution in [1.29, 1.82) is 0 Å². The lowest BCUT2D eigenvalue weighted by Gasteiger charge is -2.64. The summed E-state index contributed by atoms with van der Waals surface area (Å²) in [4.78, 5) is 94.2. The van der Waals surface area contributed by atoms with Crippen molar-refractivity contribution in [2.24, 2.45) is 29.1 Å². The fraction of sp³-hybridized carbons (Fsp3) is 0.655. The van der Waals surface area contributed by atoms with Crippen LogP contribution in [0.4, 0.5) is 4.79 Å². The van der Waals surface area contributed by atoms with E-state index >= 15 is 0 Å². The van der Waals surface area contributed by atoms with E-state index in [4.69, 9.17) is 14.0 Å². The highest BCUT2D eigenvalue weighted by molar-refractivity contribution is 6.47. The number of carboxylic acids is 1. The Bertz CT molecular complexity index is 2150. The molecule has 0 spiro atoms. The normalized spacial score (nSPS) is 22.3. The van der Waals surface area contributed by atoms with Gasteiger partial charge < -0.3 is 35.1 Å². The molecule has 14 nitrogen and oxygen atoms in total. The van der Waals surface area contributed by atoms with Crippen LogP contribution in [-0.2, 0) is 44.4 Å². The first-order valence-electron chi connectivity index (χ1n) is 25.9. The molecule has 4 fully saturated rings. The molecule has 6 rings (SSSR count). The minimum absolute atomic E-state index is 0.0239. The zero-order chi connectivity index (χ0) is 51.6. The van der Waals surface area contributed by atoms with Gasteiger partial charge in [0.2, 0.25) is 11.8 Å². The minimum Gasteiger partial charge on any atom is -0.481 e. The Labute approximate surface area is 416 Å². The van der Waals surface area contributed by atoms with Crippen LogP contribution in [-0.4, -0.2) is 89.4 Å². The molecule has 384 valence electrons. The Balaban J connectivity index is 1.24. The molecule has 3 saturated carbocycles. The van der Waals surface area contributed by atoms with Crippen molar-refractivity contribution in [1.82, 2.24) is 16.0 Å². The van der Waals surface area contributed by atoms with Crippen molar-refractivity contribution in [3.63, 3.8) is 0 Å². The van der Waals surface area contributed by atoms with Gasteiger partial charge in [-0.1, -0.05) is 116 Å². The number of carboxylic acid groups (broad SMARTS) is 1. The van der Waals surface area contributed by atoms with E-state index in [2.05, 4.69) is 62.7 Å². The summed E-state index contributed by atoms with van der Waals surface area (Å²) in [6.45, 7) is 19.2. The van der Waals surface area contributed by atoms with E-state index < -0.39 is 78.3 Å². The van der Waals surface area contributed by atoms with Gasteiger partial charge in [-0.05, 0) is 106 Å². The number of ether oxygens (including phenoxy) is 1. The first-order chi connectivity index (χ1) is 32.9. The quantitative estimate of drug-likeness (QED) is 0.0377.